The van der Waals surface area contributed by atoms with E-state index in [9.17, 15) is 8.42 Å². The zero-order chi connectivity index (χ0) is 18.9. The topological polar surface area (TPSA) is 109 Å². The van der Waals surface area contributed by atoms with Crippen molar-refractivity contribution >= 4 is 26.5 Å². The van der Waals surface area contributed by atoms with Crippen LogP contribution in [0.15, 0.2) is 48.8 Å². The summed E-state index contributed by atoms with van der Waals surface area (Å²) >= 11 is 0. The number of fused-ring (bicyclic) bond motifs is 3. The van der Waals surface area contributed by atoms with Crippen molar-refractivity contribution in [3.63, 3.8) is 0 Å². The lowest BCUT2D eigenvalue weighted by molar-refractivity contribution is 0.284. The monoisotopic (exact) mass is 385 g/mol. The largest absolute Gasteiger partial charge is 0.470 e. The van der Waals surface area contributed by atoms with E-state index in [1.54, 1.807) is 22.7 Å². The molecule has 0 radical (unpaired) electrons. The van der Waals surface area contributed by atoms with E-state index < -0.39 is 10.1 Å². The average molecular weight is 385 g/mol. The molecule has 0 spiro atoms. The maximum absolute atomic E-state index is 11.1. The van der Waals surface area contributed by atoms with Gasteiger partial charge >= 0.3 is 0 Å². The summed E-state index contributed by atoms with van der Waals surface area (Å²) in [6.07, 6.45) is 2.51. The second-order valence-corrected chi connectivity index (χ2v) is 7.47. The smallest absolute Gasteiger partial charge is 0.264 e. The van der Waals surface area contributed by atoms with Gasteiger partial charge in [-0.1, -0.05) is 24.3 Å². The van der Waals surface area contributed by atoms with E-state index >= 15 is 0 Å². The minimum absolute atomic E-state index is 0.124. The van der Waals surface area contributed by atoms with E-state index in [4.69, 9.17) is 8.92 Å². The van der Waals surface area contributed by atoms with Gasteiger partial charge < -0.3 is 4.74 Å². The Hall–Kier alpha value is -3.11. The van der Waals surface area contributed by atoms with Gasteiger partial charge in [-0.25, -0.2) is 0 Å². The molecule has 9 nitrogen and oxygen atoms in total. The molecule has 0 aliphatic rings. The van der Waals surface area contributed by atoms with Gasteiger partial charge in [0.15, 0.2) is 5.65 Å². The van der Waals surface area contributed by atoms with Crippen LogP contribution in [0.4, 0.5) is 0 Å². The quantitative estimate of drug-likeness (QED) is 0.462. The van der Waals surface area contributed by atoms with Crippen molar-refractivity contribution in [1.29, 1.82) is 0 Å². The molecule has 0 aliphatic heterocycles. The Bertz CT molecular complexity index is 1220. The fraction of sp³-hybridized carbons (Fsp3) is 0.176. The van der Waals surface area contributed by atoms with E-state index in [1.807, 2.05) is 24.3 Å². The number of pyridine rings is 1. The summed E-state index contributed by atoms with van der Waals surface area (Å²) in [5, 5.41) is 14.1. The predicted molar refractivity (Wildman–Crippen MR) is 96.5 cm³/mol. The number of benzene rings is 1. The normalized spacial score (nSPS) is 11.9. The first kappa shape index (κ1) is 17.3. The van der Waals surface area contributed by atoms with Gasteiger partial charge in [0.2, 0.25) is 5.88 Å². The molecule has 0 bridgehead atoms. The van der Waals surface area contributed by atoms with E-state index in [2.05, 4.69) is 20.3 Å². The second-order valence-electron chi connectivity index (χ2n) is 5.83. The van der Waals surface area contributed by atoms with Gasteiger partial charge in [0.25, 0.3) is 10.1 Å². The molecule has 4 rings (SSSR count). The predicted octanol–water partition coefficient (Wildman–Crippen LogP) is 1.73. The molecule has 0 saturated heterocycles. The molecule has 1 aromatic carbocycles. The molecule has 3 aromatic heterocycles. The maximum atomic E-state index is 11.1. The Balaban J connectivity index is 1.58. The minimum Gasteiger partial charge on any atom is -0.470 e. The zero-order valence-electron chi connectivity index (χ0n) is 14.3. The van der Waals surface area contributed by atoms with Gasteiger partial charge in [0.1, 0.15) is 19.5 Å². The molecule has 10 heteroatoms. The van der Waals surface area contributed by atoms with Gasteiger partial charge in [-0.15, -0.1) is 15.3 Å². The fourth-order valence-electron chi connectivity index (χ4n) is 2.60. The Morgan fingerprint density at radius 2 is 1.74 bits per heavy atom. The standard InChI is InChI=1S/C17H15N5O4S/c1-27(23,24)26-10-13-6-4-5-12(19-13)9-25-17-15-8-3-2-7-14(15)16-20-18-11-22(16)21-17/h2-8,11H,9-10H2,1H3. The summed E-state index contributed by atoms with van der Waals surface area (Å²) in [5.41, 5.74) is 1.77. The van der Waals surface area contributed by atoms with Crippen LogP contribution < -0.4 is 4.74 Å². The Morgan fingerprint density at radius 1 is 1.00 bits per heavy atom. The number of aromatic nitrogens is 5. The van der Waals surface area contributed by atoms with Crippen LogP contribution in [0.2, 0.25) is 0 Å². The molecule has 0 atom stereocenters. The van der Waals surface area contributed by atoms with Crippen LogP contribution in [0.1, 0.15) is 11.4 Å². The zero-order valence-corrected chi connectivity index (χ0v) is 15.1. The summed E-state index contributed by atoms with van der Waals surface area (Å²) in [6.45, 7) is 0.0395. The number of hydrogen-bond donors (Lipinski definition) is 0. The third-order valence-electron chi connectivity index (χ3n) is 3.77. The SMILES string of the molecule is CS(=O)(=O)OCc1cccc(COc2nn3cnnc3c3ccccc23)n1. The molecule has 0 N–H and O–H groups in total. The lowest BCUT2D eigenvalue weighted by Crippen LogP contribution is -2.07. The first-order valence-electron chi connectivity index (χ1n) is 8.00. The molecule has 0 saturated carbocycles. The van der Waals surface area contributed by atoms with Gasteiger partial charge in [-0.05, 0) is 18.2 Å². The van der Waals surface area contributed by atoms with Gasteiger partial charge in [-0.2, -0.15) is 12.9 Å². The van der Waals surface area contributed by atoms with Gasteiger partial charge in [0, 0.05) is 10.8 Å². The molecule has 0 unspecified atom stereocenters. The molecule has 4 aromatic rings. The van der Waals surface area contributed by atoms with Crippen molar-refractivity contribution < 1.29 is 17.3 Å². The number of rotatable bonds is 6. The molecular weight excluding hydrogens is 370 g/mol. The fourth-order valence-corrected chi connectivity index (χ4v) is 2.94. The van der Waals surface area contributed by atoms with Crippen molar-refractivity contribution in [2.75, 3.05) is 6.26 Å². The third kappa shape index (κ3) is 3.86. The molecule has 138 valence electrons. The number of nitrogens with zero attached hydrogens (tertiary/aromatic N) is 5. The molecule has 0 amide bonds. The molecule has 0 aliphatic carbocycles. The maximum Gasteiger partial charge on any atom is 0.264 e. The summed E-state index contributed by atoms with van der Waals surface area (Å²) in [7, 11) is -3.53. The summed E-state index contributed by atoms with van der Waals surface area (Å²) in [4.78, 5) is 4.35. The average Bonchev–Trinajstić information content (AvgIpc) is 3.13. The van der Waals surface area contributed by atoms with Crippen LogP contribution in [-0.4, -0.2) is 39.5 Å². The molecule has 27 heavy (non-hydrogen) atoms. The highest BCUT2D eigenvalue weighted by Crippen LogP contribution is 2.26. The Morgan fingerprint density at radius 3 is 2.52 bits per heavy atom. The van der Waals surface area contributed by atoms with Crippen molar-refractivity contribution in [3.05, 3.63) is 60.2 Å². The minimum atomic E-state index is -3.53. The van der Waals surface area contributed by atoms with Crippen LogP contribution in [0.3, 0.4) is 0 Å². The van der Waals surface area contributed by atoms with E-state index in [1.165, 1.54) is 6.33 Å². The van der Waals surface area contributed by atoms with Crippen molar-refractivity contribution in [2.45, 2.75) is 13.2 Å². The van der Waals surface area contributed by atoms with Crippen molar-refractivity contribution in [1.82, 2.24) is 24.8 Å². The van der Waals surface area contributed by atoms with Crippen molar-refractivity contribution in [3.8, 4) is 5.88 Å². The highest BCUT2D eigenvalue weighted by atomic mass is 32.2. The molecule has 0 fully saturated rings. The second kappa shape index (κ2) is 6.89. The number of hydrogen-bond acceptors (Lipinski definition) is 8. The Labute approximate surface area is 154 Å². The molecule has 3 heterocycles. The first-order chi connectivity index (χ1) is 13.0. The number of ether oxygens (including phenoxy) is 1. The van der Waals surface area contributed by atoms with Crippen molar-refractivity contribution in [2.24, 2.45) is 0 Å². The van der Waals surface area contributed by atoms with Crippen LogP contribution in [0, 0.1) is 0 Å². The van der Waals surface area contributed by atoms with E-state index in [0.29, 0.717) is 22.9 Å². The lowest BCUT2D eigenvalue weighted by atomic mass is 10.2. The molecular formula is C17H15N5O4S. The highest BCUT2D eigenvalue weighted by molar-refractivity contribution is 7.85. The highest BCUT2D eigenvalue weighted by Gasteiger charge is 2.11. The Kier molecular flexibility index (Phi) is 4.42. The summed E-state index contributed by atoms with van der Waals surface area (Å²) in [6, 6.07) is 12.9. The van der Waals surface area contributed by atoms with E-state index in [0.717, 1.165) is 17.0 Å². The van der Waals surface area contributed by atoms with Crippen LogP contribution in [0.25, 0.3) is 16.4 Å². The summed E-state index contributed by atoms with van der Waals surface area (Å²) in [5.74, 6) is 0.428. The first-order valence-corrected chi connectivity index (χ1v) is 9.82. The van der Waals surface area contributed by atoms with Gasteiger partial charge in [-0.3, -0.25) is 9.17 Å². The van der Waals surface area contributed by atoms with E-state index in [-0.39, 0.29) is 13.2 Å². The van der Waals surface area contributed by atoms with Crippen LogP contribution in [0.5, 0.6) is 5.88 Å². The third-order valence-corrected chi connectivity index (χ3v) is 4.32. The van der Waals surface area contributed by atoms with Gasteiger partial charge in [0.05, 0.1) is 17.6 Å². The van der Waals surface area contributed by atoms with Crippen LogP contribution >= 0.6 is 0 Å². The lowest BCUT2D eigenvalue weighted by Gasteiger charge is -2.09. The summed E-state index contributed by atoms with van der Waals surface area (Å²) < 4.78 is 34.4. The van der Waals surface area contributed by atoms with Crippen LogP contribution in [-0.2, 0) is 27.5 Å².